The Kier molecular flexibility index (Phi) is 4.97. The second kappa shape index (κ2) is 7.72. The summed E-state index contributed by atoms with van der Waals surface area (Å²) in [5.74, 6) is 0.931. The van der Waals surface area contributed by atoms with Crippen molar-refractivity contribution >= 4 is 28.7 Å². The maximum atomic E-state index is 12.5. The summed E-state index contributed by atoms with van der Waals surface area (Å²) < 4.78 is 4.68. The molecule has 0 saturated carbocycles. The SMILES string of the molecule is COC(=O)c1ccc(NC(=O)N2CCC(c3nc4ccccc4[nH]3)CC2)cc1. The molecular weight excluding hydrogens is 356 g/mol. The number of amides is 2. The summed E-state index contributed by atoms with van der Waals surface area (Å²) >= 11 is 0. The van der Waals surface area contributed by atoms with Crippen molar-refractivity contribution in [3.63, 3.8) is 0 Å². The summed E-state index contributed by atoms with van der Waals surface area (Å²) in [5.41, 5.74) is 3.13. The summed E-state index contributed by atoms with van der Waals surface area (Å²) in [5, 5.41) is 2.88. The second-order valence-corrected chi connectivity index (χ2v) is 6.90. The lowest BCUT2D eigenvalue weighted by molar-refractivity contribution is 0.0600. The molecule has 2 heterocycles. The van der Waals surface area contributed by atoms with E-state index in [-0.39, 0.29) is 6.03 Å². The molecule has 144 valence electrons. The molecule has 1 aromatic heterocycles. The molecule has 2 aromatic carbocycles. The molecule has 28 heavy (non-hydrogen) atoms. The van der Waals surface area contributed by atoms with Crippen molar-refractivity contribution in [2.24, 2.45) is 0 Å². The zero-order chi connectivity index (χ0) is 19.5. The van der Waals surface area contributed by atoms with Crippen molar-refractivity contribution in [1.29, 1.82) is 0 Å². The van der Waals surface area contributed by atoms with E-state index >= 15 is 0 Å². The van der Waals surface area contributed by atoms with Crippen molar-refractivity contribution in [1.82, 2.24) is 14.9 Å². The third-order valence-electron chi connectivity index (χ3n) is 5.13. The van der Waals surface area contributed by atoms with Crippen LogP contribution in [-0.2, 0) is 4.74 Å². The monoisotopic (exact) mass is 378 g/mol. The van der Waals surface area contributed by atoms with Crippen molar-refractivity contribution < 1.29 is 14.3 Å². The number of aromatic amines is 1. The van der Waals surface area contributed by atoms with Gasteiger partial charge >= 0.3 is 12.0 Å². The molecule has 1 aliphatic heterocycles. The summed E-state index contributed by atoms with van der Waals surface area (Å²) in [4.78, 5) is 33.9. The van der Waals surface area contributed by atoms with Gasteiger partial charge in [-0.3, -0.25) is 0 Å². The predicted molar refractivity (Wildman–Crippen MR) is 106 cm³/mol. The van der Waals surface area contributed by atoms with Gasteiger partial charge in [-0.15, -0.1) is 0 Å². The first-order valence-corrected chi connectivity index (χ1v) is 9.33. The lowest BCUT2D eigenvalue weighted by Gasteiger charge is -2.31. The van der Waals surface area contributed by atoms with Crippen LogP contribution in [0.3, 0.4) is 0 Å². The number of fused-ring (bicyclic) bond motifs is 1. The molecule has 4 rings (SSSR count). The number of benzene rings is 2. The van der Waals surface area contributed by atoms with Crippen molar-refractivity contribution in [3.8, 4) is 0 Å². The van der Waals surface area contributed by atoms with Crippen LogP contribution in [0, 0.1) is 0 Å². The van der Waals surface area contributed by atoms with E-state index in [1.54, 1.807) is 24.3 Å². The van der Waals surface area contributed by atoms with Crippen LogP contribution >= 0.6 is 0 Å². The highest BCUT2D eigenvalue weighted by Gasteiger charge is 2.25. The number of nitrogens with zero attached hydrogens (tertiary/aromatic N) is 2. The molecule has 0 aliphatic carbocycles. The maximum Gasteiger partial charge on any atom is 0.337 e. The summed E-state index contributed by atoms with van der Waals surface area (Å²) in [6.07, 6.45) is 1.74. The molecule has 0 spiro atoms. The first kappa shape index (κ1) is 18.0. The lowest BCUT2D eigenvalue weighted by Crippen LogP contribution is -2.40. The Hall–Kier alpha value is -3.35. The number of para-hydroxylation sites is 2. The van der Waals surface area contributed by atoms with Gasteiger partial charge in [-0.05, 0) is 49.2 Å². The minimum absolute atomic E-state index is 0.131. The van der Waals surface area contributed by atoms with E-state index in [2.05, 4.69) is 15.0 Å². The van der Waals surface area contributed by atoms with Gasteiger partial charge < -0.3 is 19.9 Å². The number of carbonyl (C=O) groups is 2. The van der Waals surface area contributed by atoms with E-state index < -0.39 is 5.97 Å². The quantitative estimate of drug-likeness (QED) is 0.680. The first-order chi connectivity index (χ1) is 13.6. The zero-order valence-corrected chi connectivity index (χ0v) is 15.6. The second-order valence-electron chi connectivity index (χ2n) is 6.90. The molecule has 2 amide bonds. The Morgan fingerprint density at radius 2 is 1.82 bits per heavy atom. The molecule has 3 aromatic rings. The van der Waals surface area contributed by atoms with Crippen LogP contribution in [0.4, 0.5) is 10.5 Å². The van der Waals surface area contributed by atoms with E-state index in [1.165, 1.54) is 7.11 Å². The van der Waals surface area contributed by atoms with Gasteiger partial charge in [-0.25, -0.2) is 14.6 Å². The number of likely N-dealkylation sites (tertiary alicyclic amines) is 1. The number of carbonyl (C=O) groups excluding carboxylic acids is 2. The van der Waals surface area contributed by atoms with Gasteiger partial charge in [0.1, 0.15) is 5.82 Å². The highest BCUT2D eigenvalue weighted by molar-refractivity contribution is 5.92. The first-order valence-electron chi connectivity index (χ1n) is 9.33. The minimum Gasteiger partial charge on any atom is -0.465 e. The van der Waals surface area contributed by atoms with E-state index in [9.17, 15) is 9.59 Å². The van der Waals surface area contributed by atoms with Gasteiger partial charge in [-0.1, -0.05) is 12.1 Å². The molecule has 1 fully saturated rings. The van der Waals surface area contributed by atoms with Crippen molar-refractivity contribution in [3.05, 3.63) is 59.9 Å². The fraction of sp³-hybridized carbons (Fsp3) is 0.286. The van der Waals surface area contributed by atoms with E-state index in [0.717, 1.165) is 29.7 Å². The molecule has 1 aliphatic rings. The number of aromatic nitrogens is 2. The number of ether oxygens (including phenoxy) is 1. The number of esters is 1. The third kappa shape index (κ3) is 3.69. The normalized spacial score (nSPS) is 14.8. The Labute approximate surface area is 162 Å². The van der Waals surface area contributed by atoms with Crippen LogP contribution in [0.15, 0.2) is 48.5 Å². The van der Waals surface area contributed by atoms with E-state index in [0.29, 0.717) is 30.3 Å². The highest BCUT2D eigenvalue weighted by Crippen LogP contribution is 2.28. The summed E-state index contributed by atoms with van der Waals surface area (Å²) in [6, 6.07) is 14.5. The van der Waals surface area contributed by atoms with Crippen LogP contribution in [0.5, 0.6) is 0 Å². The number of nitrogens with one attached hydrogen (secondary N) is 2. The fourth-order valence-electron chi connectivity index (χ4n) is 3.53. The highest BCUT2D eigenvalue weighted by atomic mass is 16.5. The van der Waals surface area contributed by atoms with Gasteiger partial charge in [-0.2, -0.15) is 0 Å². The van der Waals surface area contributed by atoms with Crippen LogP contribution in [0.2, 0.25) is 0 Å². The number of rotatable bonds is 3. The Balaban J connectivity index is 1.34. The average Bonchev–Trinajstić information content (AvgIpc) is 3.18. The summed E-state index contributed by atoms with van der Waals surface area (Å²) in [7, 11) is 1.34. The van der Waals surface area contributed by atoms with Gasteiger partial charge in [0.15, 0.2) is 0 Å². The van der Waals surface area contributed by atoms with Crippen molar-refractivity contribution in [2.45, 2.75) is 18.8 Å². The molecule has 0 radical (unpaired) electrons. The molecule has 7 nitrogen and oxygen atoms in total. The number of piperidine rings is 1. The zero-order valence-electron chi connectivity index (χ0n) is 15.6. The van der Waals surface area contributed by atoms with E-state index in [4.69, 9.17) is 4.98 Å². The number of urea groups is 1. The third-order valence-corrected chi connectivity index (χ3v) is 5.13. The van der Waals surface area contributed by atoms with Crippen molar-refractivity contribution in [2.75, 3.05) is 25.5 Å². The number of hydrogen-bond donors (Lipinski definition) is 2. The topological polar surface area (TPSA) is 87.3 Å². The van der Waals surface area contributed by atoms with Crippen LogP contribution < -0.4 is 5.32 Å². The van der Waals surface area contributed by atoms with Gasteiger partial charge in [0.25, 0.3) is 0 Å². The molecule has 0 bridgehead atoms. The molecular formula is C21H22N4O3. The van der Waals surface area contributed by atoms with E-state index in [1.807, 2.05) is 29.2 Å². The Bertz CT molecular complexity index is 955. The van der Waals surface area contributed by atoms with Gasteiger partial charge in [0.2, 0.25) is 0 Å². The van der Waals surface area contributed by atoms with Gasteiger partial charge in [0, 0.05) is 24.7 Å². The predicted octanol–water partition coefficient (Wildman–Crippen LogP) is 3.76. The summed E-state index contributed by atoms with van der Waals surface area (Å²) in [6.45, 7) is 1.35. The van der Waals surface area contributed by atoms with Gasteiger partial charge in [0.05, 0.1) is 23.7 Å². The molecule has 1 saturated heterocycles. The standard InChI is InChI=1S/C21H22N4O3/c1-28-20(26)15-6-8-16(9-7-15)22-21(27)25-12-10-14(11-13-25)19-23-17-4-2-3-5-18(17)24-19/h2-9,14H,10-13H2,1H3,(H,22,27)(H,23,24). The Morgan fingerprint density at radius 3 is 2.50 bits per heavy atom. The van der Waals surface area contributed by atoms with Crippen LogP contribution in [0.1, 0.15) is 34.9 Å². The molecule has 7 heteroatoms. The number of imidazole rings is 1. The number of hydrogen-bond acceptors (Lipinski definition) is 4. The number of methoxy groups -OCH3 is 1. The van der Waals surface area contributed by atoms with Crippen LogP contribution in [-0.4, -0.2) is 47.1 Å². The minimum atomic E-state index is -0.398. The number of anilines is 1. The number of H-pyrrole nitrogens is 1. The largest absolute Gasteiger partial charge is 0.465 e. The lowest BCUT2D eigenvalue weighted by atomic mass is 9.96. The van der Waals surface area contributed by atoms with Crippen LogP contribution in [0.25, 0.3) is 11.0 Å². The smallest absolute Gasteiger partial charge is 0.337 e. The average molecular weight is 378 g/mol. The fourth-order valence-corrected chi connectivity index (χ4v) is 3.53. The molecule has 0 atom stereocenters. The maximum absolute atomic E-state index is 12.5. The molecule has 2 N–H and O–H groups in total. The molecule has 0 unspecified atom stereocenters. The Morgan fingerprint density at radius 1 is 1.11 bits per heavy atom.